The molecule has 1 amide bonds. The zero-order chi connectivity index (χ0) is 26.2. The minimum absolute atomic E-state index is 0.194. The molecule has 0 aliphatic heterocycles. The quantitative estimate of drug-likeness (QED) is 0.347. The van der Waals surface area contributed by atoms with Crippen molar-refractivity contribution in [2.75, 3.05) is 26.6 Å². The number of primary amides is 1. The first-order valence-corrected chi connectivity index (χ1v) is 11.5. The molecule has 37 heavy (non-hydrogen) atoms. The van der Waals surface area contributed by atoms with Gasteiger partial charge in [0.05, 0.1) is 49.1 Å². The Labute approximate surface area is 212 Å². The summed E-state index contributed by atoms with van der Waals surface area (Å²) in [7, 11) is 4.40. The van der Waals surface area contributed by atoms with Crippen molar-refractivity contribution in [3.63, 3.8) is 0 Å². The van der Waals surface area contributed by atoms with E-state index in [2.05, 4.69) is 20.3 Å². The van der Waals surface area contributed by atoms with E-state index in [0.717, 1.165) is 24.0 Å². The number of fused-ring (bicyclic) bond motifs is 1. The fourth-order valence-electron chi connectivity index (χ4n) is 4.46. The average molecular weight is 500 g/mol. The number of hydrogen-bond acceptors (Lipinski definition) is 9. The topological polar surface area (TPSA) is 139 Å². The van der Waals surface area contributed by atoms with Gasteiger partial charge in [-0.1, -0.05) is 24.3 Å². The van der Waals surface area contributed by atoms with Crippen LogP contribution in [-0.2, 0) is 14.9 Å². The highest BCUT2D eigenvalue weighted by Crippen LogP contribution is 2.49. The summed E-state index contributed by atoms with van der Waals surface area (Å²) in [5, 5.41) is 4.02. The van der Waals surface area contributed by atoms with Gasteiger partial charge in [-0.15, -0.1) is 0 Å². The van der Waals surface area contributed by atoms with Gasteiger partial charge in [0.1, 0.15) is 0 Å². The van der Waals surface area contributed by atoms with Crippen molar-refractivity contribution in [1.82, 2.24) is 15.0 Å². The van der Waals surface area contributed by atoms with Crippen LogP contribution in [-0.4, -0.2) is 48.2 Å². The Morgan fingerprint density at radius 1 is 1.00 bits per heavy atom. The molecular formula is C27H25N5O5. The van der Waals surface area contributed by atoms with Gasteiger partial charge in [0.15, 0.2) is 0 Å². The minimum Gasteiger partial charge on any atom is -0.480 e. The lowest BCUT2D eigenvalue weighted by atomic mass is 9.95. The van der Waals surface area contributed by atoms with Crippen LogP contribution in [0.5, 0.6) is 11.9 Å². The van der Waals surface area contributed by atoms with E-state index in [-0.39, 0.29) is 17.5 Å². The zero-order valence-corrected chi connectivity index (χ0v) is 20.6. The number of nitrogens with zero attached hydrogens (tertiary/aromatic N) is 3. The van der Waals surface area contributed by atoms with Crippen molar-refractivity contribution < 1.29 is 23.8 Å². The predicted octanol–water partition coefficient (Wildman–Crippen LogP) is 3.76. The molecular weight excluding hydrogens is 474 g/mol. The zero-order valence-electron chi connectivity index (χ0n) is 20.6. The van der Waals surface area contributed by atoms with Crippen LogP contribution in [0.2, 0.25) is 0 Å². The second kappa shape index (κ2) is 9.38. The second-order valence-electron chi connectivity index (χ2n) is 8.70. The SMILES string of the molecule is COC(=O)C1(c2cccc(Nc3c(C(N)=O)cnc4cc(-c5cnc(OC)nc5OC)ccc34)c2)CC1. The van der Waals surface area contributed by atoms with Gasteiger partial charge in [0.25, 0.3) is 5.91 Å². The van der Waals surface area contributed by atoms with Crippen molar-refractivity contribution >= 4 is 34.2 Å². The maximum Gasteiger partial charge on any atom is 0.319 e. The molecule has 2 heterocycles. The average Bonchev–Trinajstić information content (AvgIpc) is 3.74. The van der Waals surface area contributed by atoms with Crippen LogP contribution < -0.4 is 20.5 Å². The van der Waals surface area contributed by atoms with E-state index in [9.17, 15) is 9.59 Å². The molecule has 0 unspecified atom stereocenters. The molecule has 10 nitrogen and oxygen atoms in total. The number of esters is 1. The Balaban J connectivity index is 1.57. The van der Waals surface area contributed by atoms with Crippen LogP contribution in [0.1, 0.15) is 28.8 Å². The fourth-order valence-corrected chi connectivity index (χ4v) is 4.46. The summed E-state index contributed by atoms with van der Waals surface area (Å²) >= 11 is 0. The minimum atomic E-state index is -0.617. The number of benzene rings is 2. The van der Waals surface area contributed by atoms with Gasteiger partial charge in [0, 0.05) is 23.5 Å². The third-order valence-electron chi connectivity index (χ3n) is 6.56. The van der Waals surface area contributed by atoms with Crippen molar-refractivity contribution in [3.05, 3.63) is 66.0 Å². The number of hydrogen-bond donors (Lipinski definition) is 2. The summed E-state index contributed by atoms with van der Waals surface area (Å²) in [6.45, 7) is 0. The standard InChI is InChI=1S/C27H25N5O5/c1-35-24-19(13-30-26(32-24)37-3)15-7-8-18-21(11-15)29-14-20(23(28)33)22(18)31-17-6-4-5-16(12-17)27(9-10-27)25(34)36-2/h4-8,11-14H,9-10H2,1-3H3,(H2,28,33)(H,29,31). The first-order valence-electron chi connectivity index (χ1n) is 11.5. The molecule has 1 saturated carbocycles. The Morgan fingerprint density at radius 3 is 2.49 bits per heavy atom. The largest absolute Gasteiger partial charge is 0.480 e. The monoisotopic (exact) mass is 499 g/mol. The molecule has 0 bridgehead atoms. The molecule has 5 rings (SSSR count). The predicted molar refractivity (Wildman–Crippen MR) is 137 cm³/mol. The van der Waals surface area contributed by atoms with Crippen molar-refractivity contribution in [3.8, 4) is 23.0 Å². The molecule has 1 aliphatic rings. The highest BCUT2D eigenvalue weighted by Gasteiger charge is 2.52. The van der Waals surface area contributed by atoms with Gasteiger partial charge in [-0.25, -0.2) is 4.98 Å². The number of nitrogens with two attached hydrogens (primary N) is 1. The number of amides is 1. The summed E-state index contributed by atoms with van der Waals surface area (Å²) in [6, 6.07) is 13.3. The summed E-state index contributed by atoms with van der Waals surface area (Å²) in [5.41, 5.74) is 9.44. The van der Waals surface area contributed by atoms with Crippen LogP contribution in [0.4, 0.5) is 11.4 Å². The lowest BCUT2D eigenvalue weighted by molar-refractivity contribution is -0.143. The van der Waals surface area contributed by atoms with Gasteiger partial charge in [-0.2, -0.15) is 4.98 Å². The summed E-state index contributed by atoms with van der Waals surface area (Å²) in [6.07, 6.45) is 4.52. The van der Waals surface area contributed by atoms with Gasteiger partial charge < -0.3 is 25.3 Å². The normalized spacial score (nSPS) is 13.6. The number of anilines is 2. The van der Waals surface area contributed by atoms with E-state index in [0.29, 0.717) is 33.7 Å². The third kappa shape index (κ3) is 4.26. The van der Waals surface area contributed by atoms with Crippen molar-refractivity contribution in [1.29, 1.82) is 0 Å². The molecule has 10 heteroatoms. The van der Waals surface area contributed by atoms with Gasteiger partial charge in [-0.3, -0.25) is 14.6 Å². The number of carbonyl (C=O) groups excluding carboxylic acids is 2. The molecule has 0 atom stereocenters. The highest BCUT2D eigenvalue weighted by atomic mass is 16.5. The molecule has 2 aromatic heterocycles. The number of pyridine rings is 1. The molecule has 4 aromatic rings. The van der Waals surface area contributed by atoms with Crippen LogP contribution >= 0.6 is 0 Å². The lowest BCUT2D eigenvalue weighted by Crippen LogP contribution is -2.21. The fraction of sp³-hybridized carbons (Fsp3) is 0.222. The van der Waals surface area contributed by atoms with Crippen LogP contribution in [0, 0.1) is 0 Å². The number of aromatic nitrogens is 3. The maximum absolute atomic E-state index is 12.4. The molecule has 3 N–H and O–H groups in total. The number of methoxy groups -OCH3 is 3. The lowest BCUT2D eigenvalue weighted by Gasteiger charge is -2.17. The molecule has 0 saturated heterocycles. The van der Waals surface area contributed by atoms with Gasteiger partial charge in [-0.05, 0) is 42.2 Å². The molecule has 0 radical (unpaired) electrons. The Bertz CT molecular complexity index is 1530. The number of ether oxygens (including phenoxy) is 3. The number of rotatable bonds is 8. The third-order valence-corrected chi connectivity index (χ3v) is 6.56. The molecule has 0 spiro atoms. The smallest absolute Gasteiger partial charge is 0.319 e. The Morgan fingerprint density at radius 2 is 1.81 bits per heavy atom. The first-order chi connectivity index (χ1) is 17.9. The van der Waals surface area contributed by atoms with E-state index in [1.807, 2.05) is 42.5 Å². The van der Waals surface area contributed by atoms with Gasteiger partial charge in [0.2, 0.25) is 5.88 Å². The maximum atomic E-state index is 12.4. The first kappa shape index (κ1) is 24.0. The second-order valence-corrected chi connectivity index (χ2v) is 8.70. The van der Waals surface area contributed by atoms with Crippen molar-refractivity contribution in [2.24, 2.45) is 5.73 Å². The highest BCUT2D eigenvalue weighted by molar-refractivity contribution is 6.08. The van der Waals surface area contributed by atoms with Crippen molar-refractivity contribution in [2.45, 2.75) is 18.3 Å². The summed E-state index contributed by atoms with van der Waals surface area (Å²) in [5.74, 6) is -0.507. The van der Waals surface area contributed by atoms with Gasteiger partial charge >= 0.3 is 12.0 Å². The Hall–Kier alpha value is -4.73. The summed E-state index contributed by atoms with van der Waals surface area (Å²) < 4.78 is 15.5. The van der Waals surface area contributed by atoms with Crippen LogP contribution in [0.15, 0.2) is 54.9 Å². The van der Waals surface area contributed by atoms with E-state index in [4.69, 9.17) is 19.9 Å². The number of nitrogens with one attached hydrogen (secondary N) is 1. The Kier molecular flexibility index (Phi) is 6.08. The van der Waals surface area contributed by atoms with E-state index in [1.54, 1.807) is 6.20 Å². The molecule has 1 fully saturated rings. The molecule has 2 aromatic carbocycles. The van der Waals surface area contributed by atoms with Crippen LogP contribution in [0.25, 0.3) is 22.0 Å². The summed E-state index contributed by atoms with van der Waals surface area (Å²) in [4.78, 5) is 37.6. The van der Waals surface area contributed by atoms with E-state index < -0.39 is 11.3 Å². The van der Waals surface area contributed by atoms with E-state index >= 15 is 0 Å². The molecule has 1 aliphatic carbocycles. The van der Waals surface area contributed by atoms with Crippen LogP contribution in [0.3, 0.4) is 0 Å². The molecule has 188 valence electrons. The van der Waals surface area contributed by atoms with E-state index in [1.165, 1.54) is 27.5 Å². The number of carbonyl (C=O) groups is 2.